The Morgan fingerprint density at radius 3 is 2.65 bits per heavy atom. The number of hydrogen-bond acceptors (Lipinski definition) is 3. The molecular formula is C17H27NO2. The van der Waals surface area contributed by atoms with Gasteiger partial charge in [-0.05, 0) is 24.5 Å². The highest BCUT2D eigenvalue weighted by molar-refractivity contribution is 5.50. The normalized spacial score (nSPS) is 10.3. The van der Waals surface area contributed by atoms with Crippen LogP contribution in [0.25, 0.3) is 0 Å². The quantitative estimate of drug-likeness (QED) is 0.522. The molecule has 0 aromatic heterocycles. The maximum Gasteiger partial charge on any atom is 0.164 e. The summed E-state index contributed by atoms with van der Waals surface area (Å²) >= 11 is 0. The molecule has 112 valence electrons. The Balaban J connectivity index is 2.81. The summed E-state index contributed by atoms with van der Waals surface area (Å²) in [5.74, 6) is 1.60. The van der Waals surface area contributed by atoms with Crippen LogP contribution in [-0.2, 0) is 13.0 Å². The lowest BCUT2D eigenvalue weighted by Crippen LogP contribution is -2.05. The number of allylic oxidation sites excluding steroid dienone is 1. The average Bonchev–Trinajstić information content (AvgIpc) is 2.48. The molecule has 3 heteroatoms. The molecule has 0 aliphatic heterocycles. The Kier molecular flexibility index (Phi) is 7.81. The molecule has 20 heavy (non-hydrogen) atoms. The number of methoxy groups -OCH3 is 1. The first-order valence-electron chi connectivity index (χ1n) is 7.40. The first kappa shape index (κ1) is 16.6. The SMILES string of the molecule is C=CCc1cc(CN)cc(OC)c1OCCCCCC. The largest absolute Gasteiger partial charge is 0.493 e. The lowest BCUT2D eigenvalue weighted by molar-refractivity contribution is 0.282. The minimum atomic E-state index is 0.497. The summed E-state index contributed by atoms with van der Waals surface area (Å²) in [6.45, 7) is 7.23. The van der Waals surface area contributed by atoms with Crippen LogP contribution in [0.2, 0.25) is 0 Å². The Morgan fingerprint density at radius 2 is 2.05 bits per heavy atom. The van der Waals surface area contributed by atoms with E-state index in [0.29, 0.717) is 6.54 Å². The molecule has 0 radical (unpaired) electrons. The lowest BCUT2D eigenvalue weighted by Gasteiger charge is -2.16. The molecule has 1 aromatic rings. The second-order valence-electron chi connectivity index (χ2n) is 4.89. The molecule has 0 bridgehead atoms. The number of nitrogens with two attached hydrogens (primary N) is 1. The molecule has 0 amide bonds. The number of ether oxygens (including phenoxy) is 2. The van der Waals surface area contributed by atoms with Crippen LogP contribution in [0.15, 0.2) is 24.8 Å². The number of benzene rings is 1. The predicted octanol–water partition coefficient (Wildman–Crippen LogP) is 3.84. The van der Waals surface area contributed by atoms with Gasteiger partial charge in [-0.2, -0.15) is 0 Å². The molecule has 0 fully saturated rings. The van der Waals surface area contributed by atoms with Crippen LogP contribution >= 0.6 is 0 Å². The monoisotopic (exact) mass is 277 g/mol. The molecule has 0 saturated carbocycles. The van der Waals surface area contributed by atoms with Gasteiger partial charge < -0.3 is 15.2 Å². The van der Waals surface area contributed by atoms with Gasteiger partial charge in [-0.1, -0.05) is 38.3 Å². The van der Waals surface area contributed by atoms with E-state index in [0.717, 1.165) is 42.1 Å². The third kappa shape index (κ3) is 4.89. The van der Waals surface area contributed by atoms with Gasteiger partial charge in [0.05, 0.1) is 13.7 Å². The summed E-state index contributed by atoms with van der Waals surface area (Å²) in [4.78, 5) is 0. The van der Waals surface area contributed by atoms with E-state index in [4.69, 9.17) is 15.2 Å². The van der Waals surface area contributed by atoms with Gasteiger partial charge in [-0.3, -0.25) is 0 Å². The number of hydrogen-bond donors (Lipinski definition) is 1. The molecule has 0 heterocycles. The second-order valence-corrected chi connectivity index (χ2v) is 4.89. The summed E-state index contributed by atoms with van der Waals surface area (Å²) < 4.78 is 11.4. The lowest BCUT2D eigenvalue weighted by atomic mass is 10.1. The topological polar surface area (TPSA) is 44.5 Å². The highest BCUT2D eigenvalue weighted by Gasteiger charge is 2.12. The molecule has 0 saturated heterocycles. The fourth-order valence-corrected chi connectivity index (χ4v) is 2.17. The van der Waals surface area contributed by atoms with Gasteiger partial charge in [-0.15, -0.1) is 6.58 Å². The van der Waals surface area contributed by atoms with Crippen LogP contribution in [0.3, 0.4) is 0 Å². The molecule has 0 atom stereocenters. The van der Waals surface area contributed by atoms with Crippen LogP contribution < -0.4 is 15.2 Å². The van der Waals surface area contributed by atoms with E-state index in [1.807, 2.05) is 12.1 Å². The predicted molar refractivity (Wildman–Crippen MR) is 84.4 cm³/mol. The second kappa shape index (κ2) is 9.43. The minimum Gasteiger partial charge on any atom is -0.493 e. The highest BCUT2D eigenvalue weighted by Crippen LogP contribution is 2.33. The van der Waals surface area contributed by atoms with Crippen LogP contribution in [0.5, 0.6) is 11.5 Å². The zero-order valence-electron chi connectivity index (χ0n) is 12.8. The molecule has 0 aliphatic carbocycles. The van der Waals surface area contributed by atoms with Gasteiger partial charge in [0, 0.05) is 12.1 Å². The van der Waals surface area contributed by atoms with Gasteiger partial charge in [-0.25, -0.2) is 0 Å². The standard InChI is InChI=1S/C17H27NO2/c1-4-6-7-8-10-20-17-15(9-5-2)11-14(13-18)12-16(17)19-3/h5,11-12H,2,4,6-10,13,18H2,1,3H3. The van der Waals surface area contributed by atoms with Gasteiger partial charge in [0.15, 0.2) is 11.5 Å². The molecular weight excluding hydrogens is 250 g/mol. The Morgan fingerprint density at radius 1 is 1.25 bits per heavy atom. The van der Waals surface area contributed by atoms with E-state index in [1.54, 1.807) is 7.11 Å². The fourth-order valence-electron chi connectivity index (χ4n) is 2.17. The van der Waals surface area contributed by atoms with Gasteiger partial charge in [0.2, 0.25) is 0 Å². The van der Waals surface area contributed by atoms with Crippen molar-refractivity contribution in [2.75, 3.05) is 13.7 Å². The summed E-state index contributed by atoms with van der Waals surface area (Å²) in [6.07, 6.45) is 7.40. The zero-order chi connectivity index (χ0) is 14.8. The van der Waals surface area contributed by atoms with E-state index in [-0.39, 0.29) is 0 Å². The van der Waals surface area contributed by atoms with Crippen molar-refractivity contribution in [2.24, 2.45) is 5.73 Å². The fraction of sp³-hybridized carbons (Fsp3) is 0.529. The third-order valence-corrected chi connectivity index (χ3v) is 3.26. The number of rotatable bonds is 10. The van der Waals surface area contributed by atoms with E-state index >= 15 is 0 Å². The molecule has 1 rings (SSSR count). The van der Waals surface area contributed by atoms with Crippen molar-refractivity contribution in [3.05, 3.63) is 35.9 Å². The van der Waals surface area contributed by atoms with Crippen LogP contribution in [0.4, 0.5) is 0 Å². The van der Waals surface area contributed by atoms with E-state index < -0.39 is 0 Å². The molecule has 1 aromatic carbocycles. The van der Waals surface area contributed by atoms with Gasteiger partial charge in [0.25, 0.3) is 0 Å². The molecule has 0 spiro atoms. The molecule has 0 unspecified atom stereocenters. The maximum absolute atomic E-state index is 5.94. The van der Waals surface area contributed by atoms with Crippen molar-refractivity contribution < 1.29 is 9.47 Å². The Bertz CT molecular complexity index is 416. The summed E-state index contributed by atoms with van der Waals surface area (Å²) in [7, 11) is 1.66. The van der Waals surface area contributed by atoms with E-state index in [2.05, 4.69) is 19.6 Å². The summed E-state index contributed by atoms with van der Waals surface area (Å²) in [5, 5.41) is 0. The Hall–Kier alpha value is -1.48. The minimum absolute atomic E-state index is 0.497. The van der Waals surface area contributed by atoms with E-state index in [9.17, 15) is 0 Å². The maximum atomic E-state index is 5.94. The van der Waals surface area contributed by atoms with Crippen molar-refractivity contribution in [3.63, 3.8) is 0 Å². The number of unbranched alkanes of at least 4 members (excludes halogenated alkanes) is 3. The third-order valence-electron chi connectivity index (χ3n) is 3.26. The van der Waals surface area contributed by atoms with Crippen LogP contribution in [0, 0.1) is 0 Å². The zero-order valence-corrected chi connectivity index (χ0v) is 12.8. The first-order chi connectivity index (χ1) is 9.76. The highest BCUT2D eigenvalue weighted by atomic mass is 16.5. The Labute approximate surface area is 122 Å². The van der Waals surface area contributed by atoms with Gasteiger partial charge in [0.1, 0.15) is 0 Å². The van der Waals surface area contributed by atoms with Crippen molar-refractivity contribution in [1.82, 2.24) is 0 Å². The van der Waals surface area contributed by atoms with Crippen LogP contribution in [-0.4, -0.2) is 13.7 Å². The average molecular weight is 277 g/mol. The first-order valence-corrected chi connectivity index (χ1v) is 7.40. The van der Waals surface area contributed by atoms with Crippen molar-refractivity contribution >= 4 is 0 Å². The van der Waals surface area contributed by atoms with Crippen molar-refractivity contribution in [3.8, 4) is 11.5 Å². The van der Waals surface area contributed by atoms with Gasteiger partial charge >= 0.3 is 0 Å². The van der Waals surface area contributed by atoms with E-state index in [1.165, 1.54) is 19.3 Å². The summed E-state index contributed by atoms with van der Waals surface area (Å²) in [5.41, 5.74) is 7.87. The molecule has 2 N–H and O–H groups in total. The molecule has 3 nitrogen and oxygen atoms in total. The smallest absolute Gasteiger partial charge is 0.164 e. The van der Waals surface area contributed by atoms with Crippen molar-refractivity contribution in [1.29, 1.82) is 0 Å². The van der Waals surface area contributed by atoms with Crippen molar-refractivity contribution in [2.45, 2.75) is 45.6 Å². The molecule has 0 aliphatic rings. The van der Waals surface area contributed by atoms with Crippen LogP contribution in [0.1, 0.15) is 43.7 Å². The summed E-state index contributed by atoms with van der Waals surface area (Å²) in [6, 6.07) is 4.03.